The van der Waals surface area contributed by atoms with Gasteiger partial charge in [-0.05, 0) is 31.0 Å². The topological polar surface area (TPSA) is 60.4 Å². The van der Waals surface area contributed by atoms with Gasteiger partial charge >= 0.3 is 0 Å². The minimum absolute atomic E-state index is 0.0448. The normalized spacial score (nSPS) is 15.3. The summed E-state index contributed by atoms with van der Waals surface area (Å²) >= 11 is 0. The van der Waals surface area contributed by atoms with Crippen molar-refractivity contribution >= 4 is 12.1 Å². The second-order valence-electron chi connectivity index (χ2n) is 5.91. The van der Waals surface area contributed by atoms with Crippen LogP contribution in [0.4, 0.5) is 0 Å². The van der Waals surface area contributed by atoms with Crippen LogP contribution in [0, 0.1) is 0 Å². The molecule has 1 aromatic carbocycles. The molecule has 6 heteroatoms. The molecule has 6 nitrogen and oxygen atoms in total. The van der Waals surface area contributed by atoms with Gasteiger partial charge in [0.1, 0.15) is 11.5 Å². The molecule has 0 radical (unpaired) electrons. The SMILES string of the molecule is COc1ccc(OC)c(/C=N\OCC(=O)N(C)C2CCCCC2)c1. The zero-order valence-corrected chi connectivity index (χ0v) is 14.7. The van der Waals surface area contributed by atoms with Gasteiger partial charge in [-0.25, -0.2) is 0 Å². The standard InChI is InChI=1S/C18H26N2O4/c1-20(15-7-5-4-6-8-15)18(21)13-24-19-12-14-11-16(22-2)9-10-17(14)23-3/h9-12,15H,4-8,13H2,1-3H3/b19-12-. The lowest BCUT2D eigenvalue weighted by Crippen LogP contribution is -2.40. The summed E-state index contributed by atoms with van der Waals surface area (Å²) in [7, 11) is 5.03. The van der Waals surface area contributed by atoms with Crippen LogP contribution in [0.2, 0.25) is 0 Å². The van der Waals surface area contributed by atoms with E-state index >= 15 is 0 Å². The maximum absolute atomic E-state index is 12.2. The zero-order valence-electron chi connectivity index (χ0n) is 14.7. The van der Waals surface area contributed by atoms with Gasteiger partial charge in [0.15, 0.2) is 6.61 Å². The van der Waals surface area contributed by atoms with E-state index in [1.54, 1.807) is 37.3 Å². The minimum atomic E-state index is -0.0597. The highest BCUT2D eigenvalue weighted by atomic mass is 16.6. The molecule has 0 unspecified atom stereocenters. The van der Waals surface area contributed by atoms with E-state index in [0.29, 0.717) is 17.5 Å². The molecule has 0 N–H and O–H groups in total. The number of amides is 1. The number of carbonyl (C=O) groups excluding carboxylic acids is 1. The highest BCUT2D eigenvalue weighted by Gasteiger charge is 2.22. The van der Waals surface area contributed by atoms with Gasteiger partial charge in [-0.2, -0.15) is 0 Å². The van der Waals surface area contributed by atoms with Crippen molar-refractivity contribution in [3.05, 3.63) is 23.8 Å². The highest BCUT2D eigenvalue weighted by Crippen LogP contribution is 2.23. The lowest BCUT2D eigenvalue weighted by Gasteiger charge is -2.30. The van der Waals surface area contributed by atoms with Crippen molar-refractivity contribution in [2.75, 3.05) is 27.9 Å². The third kappa shape index (κ3) is 4.88. The van der Waals surface area contributed by atoms with E-state index < -0.39 is 0 Å². The fourth-order valence-corrected chi connectivity index (χ4v) is 2.90. The van der Waals surface area contributed by atoms with Gasteiger partial charge in [0, 0.05) is 18.7 Å². The molecule has 1 fully saturated rings. The summed E-state index contributed by atoms with van der Waals surface area (Å²) in [6.45, 7) is -0.0597. The van der Waals surface area contributed by atoms with Crippen molar-refractivity contribution in [2.24, 2.45) is 5.16 Å². The monoisotopic (exact) mass is 334 g/mol. The van der Waals surface area contributed by atoms with Gasteiger partial charge in [-0.3, -0.25) is 4.79 Å². The summed E-state index contributed by atoms with van der Waals surface area (Å²) in [5.74, 6) is 1.32. The number of oxime groups is 1. The van der Waals surface area contributed by atoms with Crippen molar-refractivity contribution < 1.29 is 19.1 Å². The second kappa shape index (κ2) is 9.15. The van der Waals surface area contributed by atoms with Crippen LogP contribution in [0.25, 0.3) is 0 Å². The first-order valence-electron chi connectivity index (χ1n) is 8.28. The molecule has 1 aliphatic carbocycles. The van der Waals surface area contributed by atoms with Gasteiger partial charge in [0.25, 0.3) is 5.91 Å². The molecule has 0 spiro atoms. The zero-order chi connectivity index (χ0) is 17.4. The van der Waals surface area contributed by atoms with Crippen molar-refractivity contribution in [1.29, 1.82) is 0 Å². The molecule has 2 rings (SSSR count). The predicted molar refractivity (Wildman–Crippen MR) is 92.7 cm³/mol. The molecule has 1 aliphatic rings. The van der Waals surface area contributed by atoms with Crippen LogP contribution in [0.15, 0.2) is 23.4 Å². The fraction of sp³-hybridized carbons (Fsp3) is 0.556. The molecule has 132 valence electrons. The number of nitrogens with zero attached hydrogens (tertiary/aromatic N) is 2. The summed E-state index contributed by atoms with van der Waals surface area (Å²) in [4.78, 5) is 19.1. The second-order valence-corrected chi connectivity index (χ2v) is 5.91. The van der Waals surface area contributed by atoms with Gasteiger partial charge in [-0.15, -0.1) is 0 Å². The molecule has 0 aliphatic heterocycles. The Hall–Kier alpha value is -2.24. The third-order valence-electron chi connectivity index (χ3n) is 4.41. The molecule has 1 aromatic rings. The quantitative estimate of drug-likeness (QED) is 0.568. The largest absolute Gasteiger partial charge is 0.497 e. The van der Waals surface area contributed by atoms with E-state index in [2.05, 4.69) is 5.16 Å². The average Bonchev–Trinajstić information content (AvgIpc) is 2.64. The first kappa shape index (κ1) is 18.1. The minimum Gasteiger partial charge on any atom is -0.497 e. The van der Waals surface area contributed by atoms with Crippen LogP contribution in [0.5, 0.6) is 11.5 Å². The number of carbonyl (C=O) groups is 1. The number of ether oxygens (including phenoxy) is 2. The van der Waals surface area contributed by atoms with Crippen LogP contribution in [-0.4, -0.2) is 50.9 Å². The van der Waals surface area contributed by atoms with Crippen molar-refractivity contribution in [3.8, 4) is 11.5 Å². The van der Waals surface area contributed by atoms with E-state index in [0.717, 1.165) is 18.4 Å². The van der Waals surface area contributed by atoms with Crippen LogP contribution in [0.3, 0.4) is 0 Å². The maximum Gasteiger partial charge on any atom is 0.263 e. The van der Waals surface area contributed by atoms with E-state index in [4.69, 9.17) is 14.3 Å². The predicted octanol–water partition coefficient (Wildman–Crippen LogP) is 2.85. The maximum atomic E-state index is 12.2. The molecular formula is C18H26N2O4. The molecule has 0 aromatic heterocycles. The molecule has 24 heavy (non-hydrogen) atoms. The van der Waals surface area contributed by atoms with Crippen LogP contribution < -0.4 is 9.47 Å². The Bertz CT molecular complexity index is 568. The van der Waals surface area contributed by atoms with Crippen LogP contribution in [0.1, 0.15) is 37.7 Å². The van der Waals surface area contributed by atoms with E-state index in [1.165, 1.54) is 25.5 Å². The van der Waals surface area contributed by atoms with Crippen molar-refractivity contribution in [2.45, 2.75) is 38.1 Å². The average molecular weight is 334 g/mol. The molecule has 0 saturated heterocycles. The number of hydrogen-bond donors (Lipinski definition) is 0. The Morgan fingerprint density at radius 3 is 2.67 bits per heavy atom. The molecular weight excluding hydrogens is 308 g/mol. The number of rotatable bonds is 7. The number of likely N-dealkylation sites (N-methyl/N-ethyl adjacent to an activating group) is 1. The van der Waals surface area contributed by atoms with Gasteiger partial charge < -0.3 is 19.2 Å². The first-order valence-corrected chi connectivity index (χ1v) is 8.28. The first-order chi connectivity index (χ1) is 11.7. The third-order valence-corrected chi connectivity index (χ3v) is 4.41. The van der Waals surface area contributed by atoms with E-state index in [9.17, 15) is 4.79 Å². The Balaban J connectivity index is 1.86. The smallest absolute Gasteiger partial charge is 0.263 e. The van der Waals surface area contributed by atoms with Crippen LogP contribution >= 0.6 is 0 Å². The number of hydrogen-bond acceptors (Lipinski definition) is 5. The Labute approximate surface area is 143 Å². The van der Waals surface area contributed by atoms with Crippen molar-refractivity contribution in [1.82, 2.24) is 4.90 Å². The van der Waals surface area contributed by atoms with E-state index in [1.807, 2.05) is 7.05 Å². The summed E-state index contributed by atoms with van der Waals surface area (Å²) < 4.78 is 10.4. The Kier molecular flexibility index (Phi) is 6.90. The van der Waals surface area contributed by atoms with Gasteiger partial charge in [-0.1, -0.05) is 24.4 Å². The molecule has 0 bridgehead atoms. The summed E-state index contributed by atoms with van der Waals surface area (Å²) in [6, 6.07) is 5.72. The fourth-order valence-electron chi connectivity index (χ4n) is 2.90. The lowest BCUT2D eigenvalue weighted by molar-refractivity contribution is -0.137. The highest BCUT2D eigenvalue weighted by molar-refractivity contribution is 5.84. The van der Waals surface area contributed by atoms with Crippen LogP contribution in [-0.2, 0) is 9.63 Å². The lowest BCUT2D eigenvalue weighted by atomic mass is 9.94. The van der Waals surface area contributed by atoms with E-state index in [-0.39, 0.29) is 12.5 Å². The molecule has 1 saturated carbocycles. The van der Waals surface area contributed by atoms with Gasteiger partial charge in [0.2, 0.25) is 0 Å². The summed E-state index contributed by atoms with van der Waals surface area (Å²) in [5, 5.41) is 3.89. The summed E-state index contributed by atoms with van der Waals surface area (Å²) in [6.07, 6.45) is 7.32. The summed E-state index contributed by atoms with van der Waals surface area (Å²) in [5.41, 5.74) is 0.727. The Morgan fingerprint density at radius 1 is 1.25 bits per heavy atom. The molecule has 0 atom stereocenters. The van der Waals surface area contributed by atoms with Gasteiger partial charge in [0.05, 0.1) is 20.4 Å². The van der Waals surface area contributed by atoms with Crippen molar-refractivity contribution in [3.63, 3.8) is 0 Å². The molecule has 0 heterocycles. The number of benzene rings is 1. The Morgan fingerprint density at radius 2 is 2.00 bits per heavy atom. The molecule has 1 amide bonds. The number of methoxy groups -OCH3 is 2.